The Morgan fingerprint density at radius 3 is 2.57 bits per heavy atom. The number of nitrogens with zero attached hydrogens (tertiary/aromatic N) is 2. The highest BCUT2D eigenvalue weighted by molar-refractivity contribution is 7.92. The maximum Gasteiger partial charge on any atom is 0.242 e. The van der Waals surface area contributed by atoms with Crippen LogP contribution >= 0.6 is 0 Å². The molecule has 9 heteroatoms. The summed E-state index contributed by atoms with van der Waals surface area (Å²) in [6.45, 7) is 5.68. The number of nitrogens with one attached hydrogen (secondary N) is 1. The van der Waals surface area contributed by atoms with Crippen LogP contribution < -0.4 is 20.9 Å². The van der Waals surface area contributed by atoms with Crippen molar-refractivity contribution < 1.29 is 13.2 Å². The number of fused-ring (bicyclic) bond motifs is 1. The third-order valence-corrected chi connectivity index (χ3v) is 8.42. The minimum atomic E-state index is -3.42. The van der Waals surface area contributed by atoms with Crippen molar-refractivity contribution in [1.29, 1.82) is 0 Å². The number of hydrogen-bond acceptors (Lipinski definition) is 6. The van der Waals surface area contributed by atoms with E-state index in [0.717, 1.165) is 40.6 Å². The van der Waals surface area contributed by atoms with Gasteiger partial charge in [0.25, 0.3) is 0 Å². The van der Waals surface area contributed by atoms with Gasteiger partial charge in [-0.05, 0) is 74.1 Å². The second kappa shape index (κ2) is 9.63. The van der Waals surface area contributed by atoms with Gasteiger partial charge >= 0.3 is 0 Å². The van der Waals surface area contributed by atoms with Crippen molar-refractivity contribution in [2.24, 2.45) is 5.92 Å². The second-order valence-electron chi connectivity index (χ2n) is 10.2. The number of nitrogens with two attached hydrogens (primary N) is 2. The molecule has 0 unspecified atom stereocenters. The predicted octanol–water partition coefficient (Wildman–Crippen LogP) is 6.09. The topological polar surface area (TPSA) is 125 Å². The van der Waals surface area contributed by atoms with Crippen molar-refractivity contribution >= 4 is 38.0 Å². The predicted molar refractivity (Wildman–Crippen MR) is 150 cm³/mol. The standard InChI is InChI=1S/C28H33N5O3S/c1-17(2)16-37(34,35)32-24-12-9-19(14-18(24)3)27-26(30)22-11-10-21(36-28-23(29)8-5-13-31-28)15-25(22)33(27)20-6-4-7-20/h5,8-15,17,20,32H,4,6-7,16,29-30H2,1-3H3. The molecule has 2 heterocycles. The van der Waals surface area contributed by atoms with E-state index in [4.69, 9.17) is 16.2 Å². The third-order valence-electron chi connectivity index (χ3n) is 6.79. The van der Waals surface area contributed by atoms with Gasteiger partial charge in [-0.2, -0.15) is 0 Å². The summed E-state index contributed by atoms with van der Waals surface area (Å²) in [5.41, 5.74) is 18.2. The first-order valence-corrected chi connectivity index (χ1v) is 14.2. The highest BCUT2D eigenvalue weighted by atomic mass is 32.2. The van der Waals surface area contributed by atoms with E-state index in [1.54, 1.807) is 18.3 Å². The average molecular weight is 520 g/mol. The van der Waals surface area contributed by atoms with Crippen LogP contribution in [0, 0.1) is 12.8 Å². The van der Waals surface area contributed by atoms with E-state index >= 15 is 0 Å². The van der Waals surface area contributed by atoms with E-state index in [1.807, 2.05) is 57.2 Å². The smallest absolute Gasteiger partial charge is 0.242 e. The molecule has 1 aliphatic carbocycles. The summed E-state index contributed by atoms with van der Waals surface area (Å²) in [7, 11) is -3.42. The van der Waals surface area contributed by atoms with Crippen LogP contribution in [0.4, 0.5) is 17.1 Å². The fraction of sp³-hybridized carbons (Fsp3) is 0.321. The van der Waals surface area contributed by atoms with Crippen LogP contribution in [-0.2, 0) is 10.0 Å². The fourth-order valence-corrected chi connectivity index (χ4v) is 6.40. The lowest BCUT2D eigenvalue weighted by Crippen LogP contribution is -2.20. The molecule has 0 amide bonds. The van der Waals surface area contributed by atoms with Crippen LogP contribution in [0.15, 0.2) is 54.7 Å². The second-order valence-corrected chi connectivity index (χ2v) is 12.0. The molecular weight excluding hydrogens is 486 g/mol. The zero-order chi connectivity index (χ0) is 26.3. The first kappa shape index (κ1) is 25.0. The zero-order valence-electron chi connectivity index (χ0n) is 21.4. The Morgan fingerprint density at radius 2 is 1.92 bits per heavy atom. The Labute approximate surface area is 217 Å². The highest BCUT2D eigenvalue weighted by Gasteiger charge is 2.27. The van der Waals surface area contributed by atoms with Gasteiger partial charge in [0.15, 0.2) is 0 Å². The molecular formula is C28H33N5O3S. The minimum Gasteiger partial charge on any atom is -0.437 e. The van der Waals surface area contributed by atoms with Crippen molar-refractivity contribution in [3.8, 4) is 22.9 Å². The summed E-state index contributed by atoms with van der Waals surface area (Å²) < 4.78 is 36.1. The quantitative estimate of drug-likeness (QED) is 0.259. The molecule has 0 spiro atoms. The van der Waals surface area contributed by atoms with E-state index in [9.17, 15) is 8.42 Å². The number of sulfonamides is 1. The van der Waals surface area contributed by atoms with Gasteiger partial charge < -0.3 is 20.8 Å². The number of aromatic nitrogens is 2. The number of rotatable bonds is 8. The summed E-state index contributed by atoms with van der Waals surface area (Å²) in [5, 5.41) is 0.947. The van der Waals surface area contributed by atoms with E-state index in [0.29, 0.717) is 34.7 Å². The summed E-state index contributed by atoms with van der Waals surface area (Å²) in [4.78, 5) is 4.24. The Hall–Kier alpha value is -3.72. The SMILES string of the molecule is Cc1cc(-c2c(N)c3ccc(Oc4ncccc4N)cc3n2C2CCC2)ccc1NS(=O)(=O)CC(C)C. The number of nitrogen functional groups attached to an aromatic ring is 2. The molecule has 0 atom stereocenters. The number of pyridine rings is 1. The number of ether oxygens (including phenoxy) is 1. The maximum atomic E-state index is 12.5. The average Bonchev–Trinajstić information content (AvgIpc) is 3.06. The van der Waals surface area contributed by atoms with E-state index < -0.39 is 10.0 Å². The first-order chi connectivity index (χ1) is 17.6. The lowest BCUT2D eigenvalue weighted by atomic mass is 9.92. The van der Waals surface area contributed by atoms with Crippen molar-refractivity contribution in [3.05, 3.63) is 60.3 Å². The van der Waals surface area contributed by atoms with E-state index in [-0.39, 0.29) is 11.7 Å². The molecule has 2 aromatic carbocycles. The van der Waals surface area contributed by atoms with Gasteiger partial charge in [-0.15, -0.1) is 0 Å². The number of anilines is 3. The monoisotopic (exact) mass is 519 g/mol. The van der Waals surface area contributed by atoms with Crippen LogP contribution in [0.2, 0.25) is 0 Å². The van der Waals surface area contributed by atoms with E-state index in [2.05, 4.69) is 14.3 Å². The summed E-state index contributed by atoms with van der Waals surface area (Å²) in [6.07, 6.45) is 4.95. The van der Waals surface area contributed by atoms with Crippen molar-refractivity contribution in [1.82, 2.24) is 9.55 Å². The molecule has 5 N–H and O–H groups in total. The first-order valence-electron chi connectivity index (χ1n) is 12.6. The minimum absolute atomic E-state index is 0.0399. The zero-order valence-corrected chi connectivity index (χ0v) is 22.2. The van der Waals surface area contributed by atoms with Gasteiger partial charge in [0.2, 0.25) is 15.9 Å². The van der Waals surface area contributed by atoms with Gasteiger partial charge in [-0.1, -0.05) is 19.9 Å². The fourth-order valence-electron chi connectivity index (χ4n) is 4.87. The molecule has 0 saturated heterocycles. The van der Waals surface area contributed by atoms with Crippen LogP contribution in [0.3, 0.4) is 0 Å². The van der Waals surface area contributed by atoms with Gasteiger partial charge in [0.05, 0.1) is 34.0 Å². The van der Waals surface area contributed by atoms with Crippen LogP contribution in [0.5, 0.6) is 11.6 Å². The third kappa shape index (κ3) is 4.96. The van der Waals surface area contributed by atoms with Gasteiger partial charge in [-0.3, -0.25) is 4.72 Å². The van der Waals surface area contributed by atoms with Crippen molar-refractivity contribution in [2.75, 3.05) is 21.9 Å². The molecule has 1 saturated carbocycles. The molecule has 1 fully saturated rings. The van der Waals surface area contributed by atoms with Gasteiger partial charge in [0, 0.05) is 29.3 Å². The molecule has 0 aliphatic heterocycles. The van der Waals surface area contributed by atoms with Crippen molar-refractivity contribution in [3.63, 3.8) is 0 Å². The van der Waals surface area contributed by atoms with Crippen LogP contribution in [0.1, 0.15) is 44.7 Å². The molecule has 4 aromatic rings. The highest BCUT2D eigenvalue weighted by Crippen LogP contribution is 2.45. The summed E-state index contributed by atoms with van der Waals surface area (Å²) in [6, 6.07) is 15.4. The Morgan fingerprint density at radius 1 is 1.14 bits per heavy atom. The largest absolute Gasteiger partial charge is 0.437 e. The molecule has 5 rings (SSSR count). The maximum absolute atomic E-state index is 12.5. The summed E-state index contributed by atoms with van der Waals surface area (Å²) in [5.74, 6) is 1.11. The van der Waals surface area contributed by atoms with Gasteiger partial charge in [0.1, 0.15) is 5.75 Å². The molecule has 8 nitrogen and oxygen atoms in total. The van der Waals surface area contributed by atoms with Gasteiger partial charge in [-0.25, -0.2) is 13.4 Å². The molecule has 0 radical (unpaired) electrons. The Kier molecular flexibility index (Phi) is 6.49. The lowest BCUT2D eigenvalue weighted by Gasteiger charge is -2.30. The molecule has 194 valence electrons. The molecule has 37 heavy (non-hydrogen) atoms. The molecule has 0 bridgehead atoms. The number of aryl methyl sites for hydroxylation is 1. The number of hydrogen-bond donors (Lipinski definition) is 3. The Balaban J connectivity index is 1.57. The Bertz CT molecular complexity index is 1570. The number of benzene rings is 2. The van der Waals surface area contributed by atoms with Crippen LogP contribution in [-0.4, -0.2) is 23.7 Å². The van der Waals surface area contributed by atoms with Crippen LogP contribution in [0.25, 0.3) is 22.2 Å². The normalized spacial score (nSPS) is 14.2. The molecule has 2 aromatic heterocycles. The van der Waals surface area contributed by atoms with Crippen molar-refractivity contribution in [2.45, 2.75) is 46.1 Å². The molecule has 1 aliphatic rings. The van der Waals surface area contributed by atoms with E-state index in [1.165, 1.54) is 6.42 Å². The lowest BCUT2D eigenvalue weighted by molar-refractivity contribution is 0.324. The summed E-state index contributed by atoms with van der Waals surface area (Å²) >= 11 is 0.